The normalized spacial score (nSPS) is 51.4. The zero-order valence-corrected chi connectivity index (χ0v) is 16.4. The number of ketones is 1. The minimum Gasteiger partial charge on any atom is -0.303 e. The molecule has 0 radical (unpaired) electrons. The molecule has 0 unspecified atom stereocenters. The van der Waals surface area contributed by atoms with E-state index in [1.54, 1.807) is 12.2 Å². The maximum absolute atomic E-state index is 11.9. The van der Waals surface area contributed by atoms with Crippen LogP contribution >= 0.6 is 23.2 Å². The van der Waals surface area contributed by atoms with Crippen molar-refractivity contribution >= 4 is 35.3 Å². The van der Waals surface area contributed by atoms with Gasteiger partial charge in [0.15, 0.2) is 5.78 Å². The Morgan fingerprint density at radius 2 is 2.00 bits per heavy atom. The molecule has 3 fully saturated rings. The van der Waals surface area contributed by atoms with Gasteiger partial charge >= 0.3 is 0 Å². The van der Waals surface area contributed by atoms with E-state index in [-0.39, 0.29) is 22.0 Å². The SMILES string of the molecule is C[C@]12C[C@H](Cl)[C@@]3(Cl)[C@@H](CCC4=CC(=O)C=C[C@@]43C)[C@@H]1CC[C@@H]2CC=O. The molecule has 0 amide bonds. The lowest BCUT2D eigenvalue weighted by Crippen LogP contribution is -2.64. The van der Waals surface area contributed by atoms with Crippen LogP contribution in [0, 0.1) is 28.6 Å². The summed E-state index contributed by atoms with van der Waals surface area (Å²) in [6.45, 7) is 4.50. The molecule has 0 aromatic rings. The molecule has 2 nitrogen and oxygen atoms in total. The maximum atomic E-state index is 11.9. The van der Waals surface area contributed by atoms with Crippen molar-refractivity contribution in [3.63, 3.8) is 0 Å². The van der Waals surface area contributed by atoms with E-state index in [1.807, 2.05) is 6.08 Å². The summed E-state index contributed by atoms with van der Waals surface area (Å²) in [5.41, 5.74) is 0.882. The van der Waals surface area contributed by atoms with Gasteiger partial charge < -0.3 is 4.79 Å². The van der Waals surface area contributed by atoms with Crippen molar-refractivity contribution in [1.29, 1.82) is 0 Å². The van der Waals surface area contributed by atoms with Crippen molar-refractivity contribution < 1.29 is 9.59 Å². The monoisotopic (exact) mass is 380 g/mol. The summed E-state index contributed by atoms with van der Waals surface area (Å²) < 4.78 is 0. The second-order valence-electron chi connectivity index (χ2n) is 8.98. The first-order valence-electron chi connectivity index (χ1n) is 9.48. The van der Waals surface area contributed by atoms with Gasteiger partial charge in [0, 0.05) is 11.8 Å². The Morgan fingerprint density at radius 1 is 1.24 bits per heavy atom. The number of carbonyl (C=O) groups excluding carboxylic acids is 2. The summed E-state index contributed by atoms with van der Waals surface area (Å²) in [5.74, 6) is 1.32. The van der Waals surface area contributed by atoms with Crippen LogP contribution < -0.4 is 0 Å². The van der Waals surface area contributed by atoms with E-state index < -0.39 is 4.87 Å². The molecule has 0 aliphatic heterocycles. The Hall–Kier alpha value is -0.600. The highest BCUT2D eigenvalue weighted by Crippen LogP contribution is 2.70. The summed E-state index contributed by atoms with van der Waals surface area (Å²) in [7, 11) is 0. The topological polar surface area (TPSA) is 34.1 Å². The summed E-state index contributed by atoms with van der Waals surface area (Å²) in [4.78, 5) is 22.5. The average Bonchev–Trinajstić information content (AvgIpc) is 2.87. The third-order valence-corrected chi connectivity index (χ3v) is 9.72. The average molecular weight is 381 g/mol. The highest BCUT2D eigenvalue weighted by atomic mass is 35.5. The number of rotatable bonds is 2. The van der Waals surface area contributed by atoms with E-state index in [2.05, 4.69) is 13.8 Å². The fraction of sp³-hybridized carbons (Fsp3) is 0.714. The Balaban J connectivity index is 1.78. The van der Waals surface area contributed by atoms with Gasteiger partial charge in [-0.3, -0.25) is 4.79 Å². The Morgan fingerprint density at radius 3 is 2.72 bits per heavy atom. The van der Waals surface area contributed by atoms with Gasteiger partial charge in [0.2, 0.25) is 0 Å². The predicted molar refractivity (Wildman–Crippen MR) is 101 cm³/mol. The third kappa shape index (κ3) is 2.16. The quantitative estimate of drug-likeness (QED) is 0.494. The number of hydrogen-bond acceptors (Lipinski definition) is 2. The minimum absolute atomic E-state index is 0.0601. The van der Waals surface area contributed by atoms with Gasteiger partial charge in [-0.15, -0.1) is 23.2 Å². The van der Waals surface area contributed by atoms with E-state index in [9.17, 15) is 9.59 Å². The Bertz CT molecular complexity index is 683. The smallest absolute Gasteiger partial charge is 0.178 e. The van der Waals surface area contributed by atoms with E-state index in [4.69, 9.17) is 23.2 Å². The molecule has 4 aliphatic rings. The molecule has 4 aliphatic carbocycles. The van der Waals surface area contributed by atoms with Gasteiger partial charge in [-0.1, -0.05) is 25.5 Å². The van der Waals surface area contributed by atoms with Crippen LogP contribution in [0.1, 0.15) is 52.4 Å². The molecule has 136 valence electrons. The van der Waals surface area contributed by atoms with E-state index >= 15 is 0 Å². The molecular weight excluding hydrogens is 355 g/mol. The fourth-order valence-electron chi connectivity index (χ4n) is 6.75. The zero-order chi connectivity index (χ0) is 18.0. The number of aldehydes is 1. The lowest BCUT2D eigenvalue weighted by molar-refractivity contribution is -0.111. The van der Waals surface area contributed by atoms with Gasteiger partial charge in [-0.25, -0.2) is 0 Å². The number of allylic oxidation sites excluding steroid dienone is 4. The summed E-state index contributed by atoms with van der Waals surface area (Å²) in [5, 5.41) is -0.167. The lowest BCUT2D eigenvalue weighted by Gasteiger charge is -2.63. The first-order chi connectivity index (χ1) is 11.8. The van der Waals surface area contributed by atoms with Crippen LogP contribution in [0.4, 0.5) is 0 Å². The molecule has 0 N–H and O–H groups in total. The molecule has 0 spiro atoms. The molecule has 0 bridgehead atoms. The van der Waals surface area contributed by atoms with E-state index in [1.165, 1.54) is 0 Å². The van der Waals surface area contributed by atoms with Gasteiger partial charge in [0.25, 0.3) is 0 Å². The molecule has 0 aromatic carbocycles. The second kappa shape index (κ2) is 5.70. The van der Waals surface area contributed by atoms with Crippen LogP contribution in [0.2, 0.25) is 0 Å². The van der Waals surface area contributed by atoms with Crippen LogP contribution in [0.15, 0.2) is 23.8 Å². The highest BCUT2D eigenvalue weighted by molar-refractivity contribution is 6.34. The number of alkyl halides is 2. The second-order valence-corrected chi connectivity index (χ2v) is 10.1. The van der Waals surface area contributed by atoms with Crippen molar-refractivity contribution in [1.82, 2.24) is 0 Å². The van der Waals surface area contributed by atoms with Crippen LogP contribution in [0.25, 0.3) is 0 Å². The van der Waals surface area contributed by atoms with Crippen LogP contribution in [0.3, 0.4) is 0 Å². The lowest BCUT2D eigenvalue weighted by atomic mass is 9.47. The fourth-order valence-corrected chi connectivity index (χ4v) is 7.99. The molecular formula is C21H26Cl2O2. The molecule has 4 heteroatoms. The van der Waals surface area contributed by atoms with Crippen LogP contribution in [0.5, 0.6) is 0 Å². The molecule has 0 heterocycles. The first kappa shape index (κ1) is 17.8. The standard InChI is InChI=1S/C21H26Cl2O2/c1-19-12-18(22)21(23)17(16(19)5-3-13(19)8-10-24)6-4-14-11-15(25)7-9-20(14,21)2/h7,9-11,13,16-18H,3-6,8,12H2,1-2H3/t13-,16+,17+,18+,19-,20+,21+/m1/s1. The maximum Gasteiger partial charge on any atom is 0.178 e. The van der Waals surface area contributed by atoms with Gasteiger partial charge in [0.1, 0.15) is 6.29 Å². The summed E-state index contributed by atoms with van der Waals surface area (Å²) in [6, 6.07) is 0. The molecule has 3 saturated carbocycles. The van der Waals surface area contributed by atoms with E-state index in [0.29, 0.717) is 24.2 Å². The number of fused-ring (bicyclic) bond motifs is 5. The Labute approximate surface area is 160 Å². The molecule has 0 saturated heterocycles. The zero-order valence-electron chi connectivity index (χ0n) is 14.9. The van der Waals surface area contributed by atoms with Gasteiger partial charge in [-0.2, -0.15) is 0 Å². The minimum atomic E-state index is -0.559. The molecule has 4 rings (SSSR count). The van der Waals surface area contributed by atoms with Crippen molar-refractivity contribution in [2.75, 3.05) is 0 Å². The largest absolute Gasteiger partial charge is 0.303 e. The third-order valence-electron chi connectivity index (χ3n) is 8.17. The number of halogens is 2. The van der Waals surface area contributed by atoms with Crippen molar-refractivity contribution in [2.24, 2.45) is 28.6 Å². The predicted octanol–water partition coefficient (Wildman–Crippen LogP) is 5.08. The molecule has 0 aromatic heterocycles. The van der Waals surface area contributed by atoms with Crippen molar-refractivity contribution in [2.45, 2.75) is 62.6 Å². The van der Waals surface area contributed by atoms with Crippen molar-refractivity contribution in [3.8, 4) is 0 Å². The molecule has 25 heavy (non-hydrogen) atoms. The molecule has 7 atom stereocenters. The number of carbonyl (C=O) groups is 2. The summed E-state index contributed by atoms with van der Waals surface area (Å²) in [6.07, 6.45) is 12.2. The van der Waals surface area contributed by atoms with Crippen molar-refractivity contribution in [3.05, 3.63) is 23.8 Å². The van der Waals surface area contributed by atoms with Crippen LogP contribution in [-0.4, -0.2) is 22.3 Å². The van der Waals surface area contributed by atoms with E-state index in [0.717, 1.165) is 44.0 Å². The highest BCUT2D eigenvalue weighted by Gasteiger charge is 2.68. The van der Waals surface area contributed by atoms with Crippen LogP contribution in [-0.2, 0) is 9.59 Å². The summed E-state index contributed by atoms with van der Waals surface area (Å²) >= 11 is 14.5. The van der Waals surface area contributed by atoms with Gasteiger partial charge in [-0.05, 0) is 67.4 Å². The number of hydrogen-bond donors (Lipinski definition) is 0. The van der Waals surface area contributed by atoms with Gasteiger partial charge in [0.05, 0.1) is 10.3 Å². The Kier molecular flexibility index (Phi) is 4.05. The first-order valence-corrected chi connectivity index (χ1v) is 10.3.